The highest BCUT2D eigenvalue weighted by atomic mass is 32.1. The molecule has 1 N–H and O–H groups in total. The molecule has 0 bridgehead atoms. The Hall–Kier alpha value is -1.06. The molecule has 0 aromatic carbocycles. The lowest BCUT2D eigenvalue weighted by Gasteiger charge is -2.12. The third kappa shape index (κ3) is 2.05. The van der Waals surface area contributed by atoms with Gasteiger partial charge in [-0.05, 0) is 41.9 Å². The van der Waals surface area contributed by atoms with Crippen molar-refractivity contribution in [3.63, 3.8) is 0 Å². The van der Waals surface area contributed by atoms with Crippen LogP contribution in [0.15, 0.2) is 39.8 Å². The second-order valence-electron chi connectivity index (χ2n) is 3.23. The summed E-state index contributed by atoms with van der Waals surface area (Å²) in [6, 6.07) is 4.52. The van der Waals surface area contributed by atoms with Crippen LogP contribution >= 0.6 is 11.3 Å². The van der Waals surface area contributed by atoms with Crippen molar-refractivity contribution in [3.8, 4) is 0 Å². The van der Waals surface area contributed by atoms with Gasteiger partial charge < -0.3 is 9.73 Å². The Morgan fingerprint density at radius 2 is 2.43 bits per heavy atom. The summed E-state index contributed by atoms with van der Waals surface area (Å²) in [6.45, 7) is 0. The standard InChI is InChI=1S/C11H13NOS/c1-12-11(10-2-4-13-7-10)6-9-3-5-14-8-9/h2-5,7-8,11-12H,6H2,1H3. The monoisotopic (exact) mass is 207 g/mol. The summed E-state index contributed by atoms with van der Waals surface area (Å²) in [5.41, 5.74) is 2.58. The summed E-state index contributed by atoms with van der Waals surface area (Å²) in [4.78, 5) is 0. The van der Waals surface area contributed by atoms with E-state index in [1.165, 1.54) is 11.1 Å². The molecule has 0 radical (unpaired) electrons. The summed E-state index contributed by atoms with van der Waals surface area (Å²) in [5.74, 6) is 0. The van der Waals surface area contributed by atoms with Gasteiger partial charge in [0.05, 0.1) is 12.5 Å². The fourth-order valence-corrected chi connectivity index (χ4v) is 2.19. The Kier molecular flexibility index (Phi) is 3.01. The van der Waals surface area contributed by atoms with Gasteiger partial charge >= 0.3 is 0 Å². The lowest BCUT2D eigenvalue weighted by Crippen LogP contribution is -2.17. The summed E-state index contributed by atoms with van der Waals surface area (Å²) in [7, 11) is 1.98. The van der Waals surface area contributed by atoms with E-state index in [0.29, 0.717) is 6.04 Å². The predicted molar refractivity (Wildman–Crippen MR) is 58.5 cm³/mol. The van der Waals surface area contributed by atoms with E-state index >= 15 is 0 Å². The van der Waals surface area contributed by atoms with Crippen LogP contribution in [-0.2, 0) is 6.42 Å². The molecule has 2 aromatic rings. The SMILES string of the molecule is CNC(Cc1ccsc1)c1ccoc1. The van der Waals surface area contributed by atoms with Crippen LogP contribution in [0.25, 0.3) is 0 Å². The molecular formula is C11H13NOS. The molecule has 2 heterocycles. The van der Waals surface area contributed by atoms with E-state index in [0.717, 1.165) is 6.42 Å². The number of nitrogens with one attached hydrogen (secondary N) is 1. The zero-order valence-corrected chi connectivity index (χ0v) is 8.88. The molecule has 74 valence electrons. The van der Waals surface area contributed by atoms with Crippen molar-refractivity contribution < 1.29 is 4.42 Å². The first-order chi connectivity index (χ1) is 6.90. The highest BCUT2D eigenvalue weighted by molar-refractivity contribution is 7.07. The molecule has 14 heavy (non-hydrogen) atoms. The van der Waals surface area contributed by atoms with Gasteiger partial charge in [-0.3, -0.25) is 0 Å². The van der Waals surface area contributed by atoms with Crippen LogP contribution in [0.3, 0.4) is 0 Å². The van der Waals surface area contributed by atoms with E-state index in [9.17, 15) is 0 Å². The van der Waals surface area contributed by atoms with Gasteiger partial charge in [0.25, 0.3) is 0 Å². The van der Waals surface area contributed by atoms with E-state index < -0.39 is 0 Å². The van der Waals surface area contributed by atoms with Crippen molar-refractivity contribution in [1.29, 1.82) is 0 Å². The molecule has 1 unspecified atom stereocenters. The van der Waals surface area contributed by atoms with Crippen molar-refractivity contribution in [1.82, 2.24) is 5.32 Å². The van der Waals surface area contributed by atoms with E-state index in [1.54, 1.807) is 23.9 Å². The Morgan fingerprint density at radius 3 is 3.00 bits per heavy atom. The average Bonchev–Trinajstić information content (AvgIpc) is 2.86. The Labute approximate surface area is 87.6 Å². The van der Waals surface area contributed by atoms with Crippen LogP contribution in [0.4, 0.5) is 0 Å². The molecule has 0 fully saturated rings. The van der Waals surface area contributed by atoms with Gasteiger partial charge in [0.2, 0.25) is 0 Å². The Morgan fingerprint density at radius 1 is 1.50 bits per heavy atom. The molecule has 0 aliphatic rings. The van der Waals surface area contributed by atoms with Gasteiger partial charge in [-0.1, -0.05) is 0 Å². The minimum atomic E-state index is 0.350. The fourth-order valence-electron chi connectivity index (χ4n) is 1.50. The van der Waals surface area contributed by atoms with Gasteiger partial charge in [0, 0.05) is 11.6 Å². The van der Waals surface area contributed by atoms with Crippen LogP contribution in [0.1, 0.15) is 17.2 Å². The van der Waals surface area contributed by atoms with Crippen LogP contribution in [0.5, 0.6) is 0 Å². The number of hydrogen-bond acceptors (Lipinski definition) is 3. The molecule has 0 aliphatic heterocycles. The zero-order chi connectivity index (χ0) is 9.80. The van der Waals surface area contributed by atoms with Crippen molar-refractivity contribution in [3.05, 3.63) is 46.5 Å². The molecule has 0 spiro atoms. The van der Waals surface area contributed by atoms with Crippen LogP contribution < -0.4 is 5.32 Å². The van der Waals surface area contributed by atoms with Gasteiger partial charge in [-0.15, -0.1) is 0 Å². The van der Waals surface area contributed by atoms with Crippen molar-refractivity contribution in [2.24, 2.45) is 0 Å². The molecule has 0 amide bonds. The summed E-state index contributed by atoms with van der Waals surface area (Å²) in [5, 5.41) is 7.58. The third-order valence-electron chi connectivity index (χ3n) is 2.31. The first kappa shape index (κ1) is 9.49. The predicted octanol–water partition coefficient (Wildman–Crippen LogP) is 2.84. The minimum absolute atomic E-state index is 0.350. The number of thiophene rings is 1. The first-order valence-corrected chi connectivity index (χ1v) is 5.55. The Bertz CT molecular complexity index is 353. The maximum atomic E-state index is 5.08. The van der Waals surface area contributed by atoms with Crippen molar-refractivity contribution >= 4 is 11.3 Å². The highest BCUT2D eigenvalue weighted by Crippen LogP contribution is 2.19. The topological polar surface area (TPSA) is 25.2 Å². The van der Waals surface area contributed by atoms with Crippen LogP contribution in [-0.4, -0.2) is 7.05 Å². The highest BCUT2D eigenvalue weighted by Gasteiger charge is 2.10. The zero-order valence-electron chi connectivity index (χ0n) is 8.07. The average molecular weight is 207 g/mol. The maximum absolute atomic E-state index is 5.08. The van der Waals surface area contributed by atoms with Gasteiger partial charge in [-0.2, -0.15) is 11.3 Å². The van der Waals surface area contributed by atoms with E-state index in [4.69, 9.17) is 4.42 Å². The quantitative estimate of drug-likeness (QED) is 0.834. The van der Waals surface area contributed by atoms with Crippen LogP contribution in [0.2, 0.25) is 0 Å². The Balaban J connectivity index is 2.08. The number of hydrogen-bond donors (Lipinski definition) is 1. The number of rotatable bonds is 4. The van der Waals surface area contributed by atoms with E-state index in [-0.39, 0.29) is 0 Å². The van der Waals surface area contributed by atoms with Crippen molar-refractivity contribution in [2.45, 2.75) is 12.5 Å². The normalized spacial score (nSPS) is 12.9. The maximum Gasteiger partial charge on any atom is 0.0950 e. The molecule has 2 rings (SSSR count). The first-order valence-electron chi connectivity index (χ1n) is 4.60. The molecule has 0 saturated carbocycles. The summed E-state index contributed by atoms with van der Waals surface area (Å²) >= 11 is 1.74. The molecular weight excluding hydrogens is 194 g/mol. The third-order valence-corrected chi connectivity index (χ3v) is 3.05. The fraction of sp³-hybridized carbons (Fsp3) is 0.273. The van der Waals surface area contributed by atoms with Gasteiger partial charge in [-0.25, -0.2) is 0 Å². The molecule has 3 heteroatoms. The number of furan rings is 1. The van der Waals surface area contributed by atoms with Gasteiger partial charge in [0.1, 0.15) is 0 Å². The molecule has 0 saturated heterocycles. The van der Waals surface area contributed by atoms with Gasteiger partial charge in [0.15, 0.2) is 0 Å². The number of likely N-dealkylation sites (N-methyl/N-ethyl adjacent to an activating group) is 1. The molecule has 0 aliphatic carbocycles. The minimum Gasteiger partial charge on any atom is -0.472 e. The van der Waals surface area contributed by atoms with E-state index in [1.807, 2.05) is 13.1 Å². The van der Waals surface area contributed by atoms with Crippen LogP contribution in [0, 0.1) is 0 Å². The lowest BCUT2D eigenvalue weighted by molar-refractivity contribution is 0.542. The smallest absolute Gasteiger partial charge is 0.0950 e. The second-order valence-corrected chi connectivity index (χ2v) is 4.01. The summed E-state index contributed by atoms with van der Waals surface area (Å²) < 4.78 is 5.08. The van der Waals surface area contributed by atoms with E-state index in [2.05, 4.69) is 22.1 Å². The molecule has 2 nitrogen and oxygen atoms in total. The summed E-state index contributed by atoms with van der Waals surface area (Å²) in [6.07, 6.45) is 4.53. The second kappa shape index (κ2) is 4.44. The van der Waals surface area contributed by atoms with Crippen molar-refractivity contribution in [2.75, 3.05) is 7.05 Å². The lowest BCUT2D eigenvalue weighted by atomic mass is 10.0. The molecule has 2 aromatic heterocycles. The largest absolute Gasteiger partial charge is 0.472 e. The molecule has 1 atom stereocenters.